The van der Waals surface area contributed by atoms with E-state index < -0.39 is 21.2 Å². The average molecular weight is 244 g/mol. The molecule has 1 unspecified atom stereocenters. The van der Waals surface area contributed by atoms with Crippen LogP contribution in [-0.2, 0) is 14.6 Å². The SMILES string of the molecule is CC(C)(C#N)CNC(=O)C1CCS(=O)(=O)C1. The number of nitrogens with one attached hydrogen (secondary N) is 1. The summed E-state index contributed by atoms with van der Waals surface area (Å²) in [5.74, 6) is -0.678. The predicted octanol–water partition coefficient (Wildman–Crippen LogP) is 0.0871. The molecular formula is C10H16N2O3S. The molecule has 1 fully saturated rings. The Morgan fingerprint density at radius 1 is 1.56 bits per heavy atom. The first-order chi connectivity index (χ1) is 7.26. The van der Waals surface area contributed by atoms with E-state index in [9.17, 15) is 13.2 Å². The lowest BCUT2D eigenvalue weighted by atomic mass is 9.95. The lowest BCUT2D eigenvalue weighted by Crippen LogP contribution is -2.37. The number of amides is 1. The van der Waals surface area contributed by atoms with Crippen molar-refractivity contribution in [2.75, 3.05) is 18.1 Å². The quantitative estimate of drug-likeness (QED) is 0.762. The molecule has 0 aromatic carbocycles. The molecule has 5 nitrogen and oxygen atoms in total. The van der Waals surface area contributed by atoms with Crippen molar-refractivity contribution in [3.8, 4) is 6.07 Å². The number of rotatable bonds is 3. The van der Waals surface area contributed by atoms with Crippen molar-refractivity contribution in [3.63, 3.8) is 0 Å². The van der Waals surface area contributed by atoms with E-state index in [1.807, 2.05) is 0 Å². The minimum atomic E-state index is -3.03. The van der Waals surface area contributed by atoms with E-state index in [1.165, 1.54) is 0 Å². The molecular weight excluding hydrogens is 228 g/mol. The Kier molecular flexibility index (Phi) is 3.58. The van der Waals surface area contributed by atoms with Gasteiger partial charge < -0.3 is 5.32 Å². The first kappa shape index (κ1) is 13.0. The Balaban J connectivity index is 2.47. The Morgan fingerprint density at radius 2 is 2.19 bits per heavy atom. The molecule has 0 bridgehead atoms. The van der Waals surface area contributed by atoms with Crippen molar-refractivity contribution in [2.24, 2.45) is 11.3 Å². The first-order valence-corrected chi connectivity index (χ1v) is 6.97. The van der Waals surface area contributed by atoms with Crippen molar-refractivity contribution < 1.29 is 13.2 Å². The Labute approximate surface area is 95.7 Å². The van der Waals surface area contributed by atoms with Crippen LogP contribution in [0, 0.1) is 22.7 Å². The van der Waals surface area contributed by atoms with Crippen molar-refractivity contribution >= 4 is 15.7 Å². The molecule has 0 aliphatic carbocycles. The maximum atomic E-state index is 11.6. The lowest BCUT2D eigenvalue weighted by molar-refractivity contribution is -0.124. The summed E-state index contributed by atoms with van der Waals surface area (Å²) < 4.78 is 22.3. The van der Waals surface area contributed by atoms with Gasteiger partial charge in [0, 0.05) is 6.54 Å². The molecule has 1 aliphatic heterocycles. The number of carbonyl (C=O) groups is 1. The Hall–Kier alpha value is -1.09. The topological polar surface area (TPSA) is 87.0 Å². The van der Waals surface area contributed by atoms with Gasteiger partial charge in [-0.15, -0.1) is 0 Å². The van der Waals surface area contributed by atoms with Crippen LogP contribution in [0.2, 0.25) is 0 Å². The van der Waals surface area contributed by atoms with E-state index in [0.29, 0.717) is 6.42 Å². The highest BCUT2D eigenvalue weighted by Crippen LogP contribution is 2.19. The maximum absolute atomic E-state index is 11.6. The second-order valence-electron chi connectivity index (χ2n) is 4.81. The van der Waals surface area contributed by atoms with Gasteiger partial charge in [-0.05, 0) is 20.3 Å². The standard InChI is InChI=1S/C10H16N2O3S/c1-10(2,6-11)7-12-9(13)8-3-4-16(14,15)5-8/h8H,3-5,7H2,1-2H3,(H,12,13). The Bertz CT molecular complexity index is 420. The van der Waals surface area contributed by atoms with Crippen molar-refractivity contribution in [1.82, 2.24) is 5.32 Å². The van der Waals surface area contributed by atoms with Gasteiger partial charge in [0.1, 0.15) is 0 Å². The van der Waals surface area contributed by atoms with Crippen molar-refractivity contribution in [1.29, 1.82) is 5.26 Å². The van der Waals surface area contributed by atoms with Crippen LogP contribution in [0.25, 0.3) is 0 Å². The highest BCUT2D eigenvalue weighted by molar-refractivity contribution is 7.91. The van der Waals surface area contributed by atoms with Crippen LogP contribution in [0.1, 0.15) is 20.3 Å². The molecule has 0 aromatic heterocycles. The normalized spacial score (nSPS) is 23.7. The predicted molar refractivity (Wildman–Crippen MR) is 59.2 cm³/mol. The largest absolute Gasteiger partial charge is 0.354 e. The molecule has 1 amide bonds. The van der Waals surface area contributed by atoms with Crippen LogP contribution >= 0.6 is 0 Å². The van der Waals surface area contributed by atoms with Gasteiger partial charge in [-0.25, -0.2) is 8.42 Å². The van der Waals surface area contributed by atoms with Crippen LogP contribution in [0.15, 0.2) is 0 Å². The van der Waals surface area contributed by atoms with Crippen molar-refractivity contribution in [3.05, 3.63) is 0 Å². The summed E-state index contributed by atoms with van der Waals surface area (Å²) in [6, 6.07) is 2.07. The summed E-state index contributed by atoms with van der Waals surface area (Å²) in [7, 11) is -3.03. The number of hydrogen-bond acceptors (Lipinski definition) is 4. The summed E-state index contributed by atoms with van der Waals surface area (Å²) >= 11 is 0. The molecule has 0 saturated carbocycles. The highest BCUT2D eigenvalue weighted by atomic mass is 32.2. The minimum absolute atomic E-state index is 0.0637. The maximum Gasteiger partial charge on any atom is 0.224 e. The van der Waals surface area contributed by atoms with Crippen LogP contribution in [0.5, 0.6) is 0 Å². The Morgan fingerprint density at radius 3 is 2.62 bits per heavy atom. The molecule has 0 spiro atoms. The zero-order chi connectivity index (χ0) is 12.4. The van der Waals surface area contributed by atoms with Crippen LogP contribution in [-0.4, -0.2) is 32.4 Å². The van der Waals surface area contributed by atoms with Gasteiger partial charge in [0.15, 0.2) is 9.84 Å². The van der Waals surface area contributed by atoms with Gasteiger partial charge in [0.2, 0.25) is 5.91 Å². The number of sulfone groups is 1. The summed E-state index contributed by atoms with van der Waals surface area (Å²) in [4.78, 5) is 11.6. The van der Waals surface area contributed by atoms with E-state index in [1.54, 1.807) is 13.8 Å². The second-order valence-corrected chi connectivity index (χ2v) is 7.04. The van der Waals surface area contributed by atoms with E-state index in [4.69, 9.17) is 5.26 Å². The minimum Gasteiger partial charge on any atom is -0.354 e. The van der Waals surface area contributed by atoms with Gasteiger partial charge in [0.25, 0.3) is 0 Å². The van der Waals surface area contributed by atoms with Gasteiger partial charge in [-0.1, -0.05) is 0 Å². The van der Waals surface area contributed by atoms with E-state index in [-0.39, 0.29) is 24.0 Å². The number of nitrogens with zero attached hydrogens (tertiary/aromatic N) is 1. The molecule has 0 aromatic rings. The van der Waals surface area contributed by atoms with Crippen molar-refractivity contribution in [2.45, 2.75) is 20.3 Å². The van der Waals surface area contributed by atoms with Crippen LogP contribution < -0.4 is 5.32 Å². The fourth-order valence-corrected chi connectivity index (χ4v) is 3.24. The zero-order valence-electron chi connectivity index (χ0n) is 9.49. The second kappa shape index (κ2) is 4.42. The number of nitriles is 1. The monoisotopic (exact) mass is 244 g/mol. The molecule has 1 heterocycles. The third-order valence-corrected chi connectivity index (χ3v) is 4.38. The molecule has 1 atom stereocenters. The third-order valence-electron chi connectivity index (χ3n) is 2.61. The van der Waals surface area contributed by atoms with Gasteiger partial charge >= 0.3 is 0 Å². The average Bonchev–Trinajstić information content (AvgIpc) is 2.55. The first-order valence-electron chi connectivity index (χ1n) is 5.15. The van der Waals surface area contributed by atoms with E-state index in [2.05, 4.69) is 11.4 Å². The summed E-state index contributed by atoms with van der Waals surface area (Å²) in [5, 5.41) is 11.4. The van der Waals surface area contributed by atoms with Crippen LogP contribution in [0.4, 0.5) is 0 Å². The van der Waals surface area contributed by atoms with Gasteiger partial charge in [-0.3, -0.25) is 4.79 Å². The summed E-state index contributed by atoms with van der Waals surface area (Å²) in [5.41, 5.74) is -0.618. The van der Waals surface area contributed by atoms with Gasteiger partial charge in [-0.2, -0.15) is 5.26 Å². The summed E-state index contributed by atoms with van der Waals surface area (Å²) in [6.45, 7) is 3.69. The molecule has 0 radical (unpaired) electrons. The van der Waals surface area contributed by atoms with Gasteiger partial charge in [0.05, 0.1) is 28.9 Å². The lowest BCUT2D eigenvalue weighted by Gasteiger charge is -2.17. The third kappa shape index (κ3) is 3.49. The fraction of sp³-hybridized carbons (Fsp3) is 0.800. The zero-order valence-corrected chi connectivity index (χ0v) is 10.3. The van der Waals surface area contributed by atoms with E-state index >= 15 is 0 Å². The smallest absolute Gasteiger partial charge is 0.224 e. The number of carbonyl (C=O) groups excluding carboxylic acids is 1. The molecule has 1 saturated heterocycles. The molecule has 16 heavy (non-hydrogen) atoms. The fourth-order valence-electron chi connectivity index (χ4n) is 1.49. The van der Waals surface area contributed by atoms with Crippen LogP contribution in [0.3, 0.4) is 0 Å². The molecule has 1 rings (SSSR count). The highest BCUT2D eigenvalue weighted by Gasteiger charge is 2.33. The molecule has 1 N–H and O–H groups in total. The molecule has 6 heteroatoms. The van der Waals surface area contributed by atoms with E-state index in [0.717, 1.165) is 0 Å². The molecule has 90 valence electrons. The number of hydrogen-bond donors (Lipinski definition) is 1. The molecule has 1 aliphatic rings. The summed E-state index contributed by atoms with van der Waals surface area (Å²) in [6.07, 6.45) is 0.390.